The summed E-state index contributed by atoms with van der Waals surface area (Å²) in [7, 11) is 3.24. The number of rotatable bonds is 7. The molecule has 0 N–H and O–H groups in total. The van der Waals surface area contributed by atoms with Gasteiger partial charge in [-0.1, -0.05) is 24.3 Å². The van der Waals surface area contributed by atoms with Gasteiger partial charge in [-0.15, -0.1) is 0 Å². The monoisotopic (exact) mass is 344 g/mol. The van der Waals surface area contributed by atoms with E-state index in [1.54, 1.807) is 27.1 Å². The number of nitro benzene ring substituents is 1. The Morgan fingerprint density at radius 3 is 2.52 bits per heavy atom. The Morgan fingerprint density at radius 2 is 1.84 bits per heavy atom. The molecule has 0 saturated carbocycles. The summed E-state index contributed by atoms with van der Waals surface area (Å²) in [5.41, 5.74) is 1.24. The molecule has 2 aromatic rings. The van der Waals surface area contributed by atoms with Gasteiger partial charge in [-0.25, -0.2) is 0 Å². The number of carbonyl (C=O) groups is 1. The van der Waals surface area contributed by atoms with Crippen LogP contribution in [0.4, 0.5) is 5.69 Å². The molecule has 0 unspecified atom stereocenters. The Bertz CT molecular complexity index is 776. The van der Waals surface area contributed by atoms with Crippen molar-refractivity contribution in [3.8, 4) is 11.5 Å². The van der Waals surface area contributed by atoms with Gasteiger partial charge in [-0.05, 0) is 19.1 Å². The van der Waals surface area contributed by atoms with Gasteiger partial charge in [0.1, 0.15) is 11.5 Å². The molecule has 25 heavy (non-hydrogen) atoms. The first-order valence-corrected chi connectivity index (χ1v) is 7.66. The third-order valence-electron chi connectivity index (χ3n) is 3.83. The smallest absolute Gasteiger partial charge is 0.276 e. The van der Waals surface area contributed by atoms with Crippen LogP contribution in [0.1, 0.15) is 11.1 Å². The fourth-order valence-corrected chi connectivity index (χ4v) is 2.38. The zero-order valence-corrected chi connectivity index (χ0v) is 14.4. The molecule has 2 rings (SSSR count). The number of methoxy groups -OCH3 is 1. The van der Waals surface area contributed by atoms with Gasteiger partial charge in [-0.2, -0.15) is 0 Å². The van der Waals surface area contributed by atoms with Gasteiger partial charge in [0, 0.05) is 25.2 Å². The highest BCUT2D eigenvalue weighted by atomic mass is 16.6. The minimum Gasteiger partial charge on any atom is -0.496 e. The van der Waals surface area contributed by atoms with Crippen molar-refractivity contribution in [3.05, 3.63) is 63.7 Å². The summed E-state index contributed by atoms with van der Waals surface area (Å²) in [5.74, 6) is 0.794. The molecule has 0 atom stereocenters. The van der Waals surface area contributed by atoms with Crippen LogP contribution in [0.25, 0.3) is 0 Å². The van der Waals surface area contributed by atoms with E-state index in [0.717, 1.165) is 5.56 Å². The van der Waals surface area contributed by atoms with Crippen molar-refractivity contribution in [1.29, 1.82) is 0 Å². The number of para-hydroxylation sites is 1. The van der Waals surface area contributed by atoms with E-state index >= 15 is 0 Å². The molecule has 0 aromatic heterocycles. The maximum atomic E-state index is 12.3. The van der Waals surface area contributed by atoms with E-state index in [-0.39, 0.29) is 18.2 Å². The number of hydrogen-bond acceptors (Lipinski definition) is 5. The topological polar surface area (TPSA) is 81.9 Å². The van der Waals surface area contributed by atoms with E-state index in [9.17, 15) is 14.9 Å². The number of likely N-dealkylation sites (N-methyl/N-ethyl adjacent to an activating group) is 1. The lowest BCUT2D eigenvalue weighted by Crippen LogP contribution is -2.31. The Kier molecular flexibility index (Phi) is 5.94. The first-order valence-electron chi connectivity index (χ1n) is 7.66. The van der Waals surface area contributed by atoms with Gasteiger partial charge in [-0.3, -0.25) is 14.9 Å². The van der Waals surface area contributed by atoms with Gasteiger partial charge in [0.2, 0.25) is 0 Å². The van der Waals surface area contributed by atoms with Gasteiger partial charge >= 0.3 is 0 Å². The van der Waals surface area contributed by atoms with E-state index in [1.165, 1.54) is 17.0 Å². The summed E-state index contributed by atoms with van der Waals surface area (Å²) in [5, 5.41) is 10.9. The number of nitro groups is 1. The van der Waals surface area contributed by atoms with E-state index in [0.29, 0.717) is 23.6 Å². The molecular weight excluding hydrogens is 324 g/mol. The van der Waals surface area contributed by atoms with Crippen LogP contribution in [-0.4, -0.2) is 36.5 Å². The van der Waals surface area contributed by atoms with E-state index in [4.69, 9.17) is 9.47 Å². The van der Waals surface area contributed by atoms with Crippen LogP contribution >= 0.6 is 0 Å². The zero-order valence-electron chi connectivity index (χ0n) is 14.4. The first kappa shape index (κ1) is 18.3. The van der Waals surface area contributed by atoms with E-state index < -0.39 is 4.92 Å². The Morgan fingerprint density at radius 1 is 1.16 bits per heavy atom. The molecule has 0 saturated heterocycles. The average molecular weight is 344 g/mol. The summed E-state index contributed by atoms with van der Waals surface area (Å²) in [6.07, 6.45) is 0. The highest BCUT2D eigenvalue weighted by Gasteiger charge is 2.17. The fraction of sp³-hybridized carbons (Fsp3) is 0.278. The third kappa shape index (κ3) is 4.47. The largest absolute Gasteiger partial charge is 0.496 e. The van der Waals surface area contributed by atoms with E-state index in [2.05, 4.69) is 0 Å². The van der Waals surface area contributed by atoms with E-state index in [1.807, 2.05) is 24.3 Å². The van der Waals surface area contributed by atoms with Crippen LogP contribution in [0, 0.1) is 17.0 Å². The summed E-state index contributed by atoms with van der Waals surface area (Å²) >= 11 is 0. The second-order valence-corrected chi connectivity index (χ2v) is 5.51. The molecule has 0 aliphatic heterocycles. The van der Waals surface area contributed by atoms with Crippen LogP contribution in [0.2, 0.25) is 0 Å². The highest BCUT2D eigenvalue weighted by Crippen LogP contribution is 2.27. The van der Waals surface area contributed by atoms with Gasteiger partial charge in [0.25, 0.3) is 11.6 Å². The number of benzene rings is 2. The summed E-state index contributed by atoms with van der Waals surface area (Å²) in [4.78, 5) is 24.3. The fourth-order valence-electron chi connectivity index (χ4n) is 2.38. The average Bonchev–Trinajstić information content (AvgIpc) is 2.60. The number of hydrogen-bond donors (Lipinski definition) is 0. The standard InChI is InChI=1S/C18H20N2O5/c1-13-15(20(22)23)8-6-10-16(13)25-12-18(21)19(2)11-14-7-4-5-9-17(14)24-3/h4-10H,11-12H2,1-3H3. The van der Waals surface area contributed by atoms with Crippen molar-refractivity contribution < 1.29 is 19.2 Å². The lowest BCUT2D eigenvalue weighted by molar-refractivity contribution is -0.385. The van der Waals surface area contributed by atoms with Crippen molar-refractivity contribution in [1.82, 2.24) is 4.90 Å². The molecule has 0 aliphatic rings. The molecule has 0 radical (unpaired) electrons. The van der Waals surface area contributed by atoms with Gasteiger partial charge < -0.3 is 14.4 Å². The minimum atomic E-state index is -0.474. The van der Waals surface area contributed by atoms with Crippen molar-refractivity contribution in [3.63, 3.8) is 0 Å². The van der Waals surface area contributed by atoms with Crippen molar-refractivity contribution in [2.75, 3.05) is 20.8 Å². The van der Waals surface area contributed by atoms with Crippen LogP contribution in [-0.2, 0) is 11.3 Å². The maximum absolute atomic E-state index is 12.3. The molecule has 0 fully saturated rings. The first-order chi connectivity index (χ1) is 11.9. The second kappa shape index (κ2) is 8.14. The van der Waals surface area contributed by atoms with Gasteiger partial charge in [0.15, 0.2) is 6.61 Å². The highest BCUT2D eigenvalue weighted by molar-refractivity contribution is 5.77. The molecule has 0 heterocycles. The van der Waals surface area contributed by atoms with Crippen LogP contribution in [0.5, 0.6) is 11.5 Å². The summed E-state index contributed by atoms with van der Waals surface area (Å²) in [6, 6.07) is 12.0. The molecule has 7 nitrogen and oxygen atoms in total. The molecule has 0 aliphatic carbocycles. The molecule has 2 aromatic carbocycles. The maximum Gasteiger partial charge on any atom is 0.276 e. The third-order valence-corrected chi connectivity index (χ3v) is 3.83. The number of nitrogens with zero attached hydrogens (tertiary/aromatic N) is 2. The quantitative estimate of drug-likeness (QED) is 0.570. The molecule has 1 amide bonds. The SMILES string of the molecule is COc1ccccc1CN(C)C(=O)COc1cccc([N+](=O)[O-])c1C. The Hall–Kier alpha value is -3.09. The Balaban J connectivity index is 2.00. The normalized spacial score (nSPS) is 10.2. The van der Waals surface area contributed by atoms with Crippen LogP contribution < -0.4 is 9.47 Å². The predicted octanol–water partition coefficient (Wildman–Crippen LogP) is 2.95. The molecular formula is C18H20N2O5. The molecule has 7 heteroatoms. The van der Waals surface area contributed by atoms with Crippen LogP contribution in [0.15, 0.2) is 42.5 Å². The molecule has 0 bridgehead atoms. The minimum absolute atomic E-state index is 0.0349. The summed E-state index contributed by atoms with van der Waals surface area (Å²) < 4.78 is 10.8. The van der Waals surface area contributed by atoms with Gasteiger partial charge in [0.05, 0.1) is 17.6 Å². The number of carbonyl (C=O) groups excluding carboxylic acids is 1. The van der Waals surface area contributed by atoms with Crippen LogP contribution in [0.3, 0.4) is 0 Å². The molecule has 132 valence electrons. The predicted molar refractivity (Wildman–Crippen MR) is 92.8 cm³/mol. The number of amides is 1. The lowest BCUT2D eigenvalue weighted by atomic mass is 10.2. The zero-order chi connectivity index (χ0) is 18.4. The lowest BCUT2D eigenvalue weighted by Gasteiger charge is -2.19. The second-order valence-electron chi connectivity index (χ2n) is 5.51. The Labute approximate surface area is 145 Å². The van der Waals surface area contributed by atoms with Crippen molar-refractivity contribution >= 4 is 11.6 Å². The molecule has 0 spiro atoms. The van der Waals surface area contributed by atoms with Crippen molar-refractivity contribution in [2.24, 2.45) is 0 Å². The number of ether oxygens (including phenoxy) is 2. The summed E-state index contributed by atoms with van der Waals surface area (Å²) in [6.45, 7) is 1.77. The van der Waals surface area contributed by atoms with Crippen molar-refractivity contribution in [2.45, 2.75) is 13.5 Å².